The molecule has 1 aliphatic rings. The minimum Gasteiger partial charge on any atom is -0.381 e. The van der Waals surface area contributed by atoms with Crippen molar-refractivity contribution in [2.24, 2.45) is 5.41 Å². The predicted octanol–water partition coefficient (Wildman–Crippen LogP) is 1.73. The molecular weight excluding hydrogens is 200 g/mol. The van der Waals surface area contributed by atoms with Crippen LogP contribution in [0.2, 0.25) is 0 Å². The Morgan fingerprint density at radius 1 is 1.44 bits per heavy atom. The van der Waals surface area contributed by atoms with E-state index in [4.69, 9.17) is 4.74 Å². The fraction of sp³-hybridized carbons (Fsp3) is 1.00. The lowest BCUT2D eigenvalue weighted by atomic mass is 9.95. The first kappa shape index (κ1) is 13.9. The van der Waals surface area contributed by atoms with Crippen LogP contribution in [-0.2, 0) is 4.74 Å². The molecule has 1 heterocycles. The van der Waals surface area contributed by atoms with Crippen LogP contribution in [-0.4, -0.2) is 51.3 Å². The van der Waals surface area contributed by atoms with Crippen LogP contribution in [0.4, 0.5) is 0 Å². The monoisotopic (exact) mass is 228 g/mol. The van der Waals surface area contributed by atoms with Crippen molar-refractivity contribution in [2.75, 3.05) is 40.4 Å². The number of hydrogen-bond donors (Lipinski definition) is 1. The fourth-order valence-electron chi connectivity index (χ4n) is 2.44. The van der Waals surface area contributed by atoms with Gasteiger partial charge in [0.2, 0.25) is 0 Å². The third-order valence-corrected chi connectivity index (χ3v) is 3.42. The highest BCUT2D eigenvalue weighted by Crippen LogP contribution is 2.18. The first-order valence-electron chi connectivity index (χ1n) is 6.48. The Kier molecular flexibility index (Phi) is 5.73. The van der Waals surface area contributed by atoms with Crippen LogP contribution in [0.15, 0.2) is 0 Å². The van der Waals surface area contributed by atoms with Gasteiger partial charge >= 0.3 is 0 Å². The zero-order valence-electron chi connectivity index (χ0n) is 11.4. The van der Waals surface area contributed by atoms with Crippen molar-refractivity contribution in [3.05, 3.63) is 0 Å². The van der Waals surface area contributed by atoms with E-state index in [-0.39, 0.29) is 5.41 Å². The standard InChI is InChI=1S/C13H28N2O/c1-13(2,10-14-3)11-16-9-7-12-6-5-8-15(12)4/h12,14H,5-11H2,1-4H3. The molecule has 0 bridgehead atoms. The summed E-state index contributed by atoms with van der Waals surface area (Å²) in [5.41, 5.74) is 0.246. The van der Waals surface area contributed by atoms with E-state index < -0.39 is 0 Å². The van der Waals surface area contributed by atoms with Gasteiger partial charge in [-0.15, -0.1) is 0 Å². The topological polar surface area (TPSA) is 24.5 Å². The summed E-state index contributed by atoms with van der Waals surface area (Å²) in [5.74, 6) is 0. The molecule has 3 nitrogen and oxygen atoms in total. The molecule has 1 saturated heterocycles. The van der Waals surface area contributed by atoms with E-state index in [2.05, 4.69) is 31.1 Å². The molecule has 0 amide bonds. The Hall–Kier alpha value is -0.120. The molecule has 0 spiro atoms. The molecule has 1 aliphatic heterocycles. The van der Waals surface area contributed by atoms with E-state index in [9.17, 15) is 0 Å². The molecule has 1 fully saturated rings. The van der Waals surface area contributed by atoms with Gasteiger partial charge in [-0.25, -0.2) is 0 Å². The molecule has 3 heteroatoms. The molecular formula is C13H28N2O. The van der Waals surface area contributed by atoms with Crippen LogP contribution in [0, 0.1) is 5.41 Å². The first-order valence-corrected chi connectivity index (χ1v) is 6.48. The van der Waals surface area contributed by atoms with Gasteiger partial charge in [0.1, 0.15) is 0 Å². The lowest BCUT2D eigenvalue weighted by Crippen LogP contribution is -2.32. The van der Waals surface area contributed by atoms with Crippen molar-refractivity contribution in [2.45, 2.75) is 39.2 Å². The molecule has 1 atom stereocenters. The maximum absolute atomic E-state index is 5.79. The van der Waals surface area contributed by atoms with Crippen molar-refractivity contribution in [3.8, 4) is 0 Å². The summed E-state index contributed by atoms with van der Waals surface area (Å²) in [6.45, 7) is 8.51. The molecule has 0 saturated carbocycles. The number of nitrogens with zero attached hydrogens (tertiary/aromatic N) is 1. The zero-order valence-corrected chi connectivity index (χ0v) is 11.4. The van der Waals surface area contributed by atoms with Crippen LogP contribution < -0.4 is 5.32 Å². The summed E-state index contributed by atoms with van der Waals surface area (Å²) >= 11 is 0. The molecule has 16 heavy (non-hydrogen) atoms. The molecule has 1 N–H and O–H groups in total. The van der Waals surface area contributed by atoms with Gasteiger partial charge in [-0.3, -0.25) is 0 Å². The maximum atomic E-state index is 5.79. The summed E-state index contributed by atoms with van der Waals surface area (Å²) in [6, 6.07) is 0.757. The summed E-state index contributed by atoms with van der Waals surface area (Å²) in [7, 11) is 4.22. The van der Waals surface area contributed by atoms with Crippen molar-refractivity contribution in [3.63, 3.8) is 0 Å². The molecule has 0 aromatic carbocycles. The largest absolute Gasteiger partial charge is 0.381 e. The van der Waals surface area contributed by atoms with Crippen molar-refractivity contribution >= 4 is 0 Å². The van der Waals surface area contributed by atoms with E-state index in [0.29, 0.717) is 0 Å². The van der Waals surface area contributed by atoms with Crippen molar-refractivity contribution in [1.82, 2.24) is 10.2 Å². The number of hydrogen-bond acceptors (Lipinski definition) is 3. The average Bonchev–Trinajstić information content (AvgIpc) is 2.59. The van der Waals surface area contributed by atoms with Gasteiger partial charge in [-0.2, -0.15) is 0 Å². The van der Waals surface area contributed by atoms with Crippen LogP contribution in [0.1, 0.15) is 33.1 Å². The van der Waals surface area contributed by atoms with Crippen LogP contribution in [0.5, 0.6) is 0 Å². The molecule has 1 unspecified atom stereocenters. The number of likely N-dealkylation sites (tertiary alicyclic amines) is 1. The average molecular weight is 228 g/mol. The summed E-state index contributed by atoms with van der Waals surface area (Å²) in [4.78, 5) is 2.46. The van der Waals surface area contributed by atoms with E-state index in [1.807, 2.05) is 7.05 Å². The number of nitrogens with one attached hydrogen (secondary N) is 1. The van der Waals surface area contributed by atoms with Crippen LogP contribution >= 0.6 is 0 Å². The third-order valence-electron chi connectivity index (χ3n) is 3.42. The molecule has 0 radical (unpaired) electrons. The smallest absolute Gasteiger partial charge is 0.0529 e. The number of ether oxygens (including phenoxy) is 1. The highest BCUT2D eigenvalue weighted by molar-refractivity contribution is 4.76. The zero-order chi connectivity index (χ0) is 12.0. The summed E-state index contributed by atoms with van der Waals surface area (Å²) < 4.78 is 5.79. The van der Waals surface area contributed by atoms with Gasteiger partial charge in [-0.1, -0.05) is 13.8 Å². The highest BCUT2D eigenvalue weighted by atomic mass is 16.5. The van der Waals surface area contributed by atoms with Crippen LogP contribution in [0.3, 0.4) is 0 Å². The lowest BCUT2D eigenvalue weighted by Gasteiger charge is -2.25. The minimum atomic E-state index is 0.246. The highest BCUT2D eigenvalue weighted by Gasteiger charge is 2.21. The van der Waals surface area contributed by atoms with Gasteiger partial charge < -0.3 is 15.0 Å². The SMILES string of the molecule is CNCC(C)(C)COCCC1CCCN1C. The maximum Gasteiger partial charge on any atom is 0.0529 e. The Balaban J connectivity index is 2.07. The first-order chi connectivity index (χ1) is 7.55. The lowest BCUT2D eigenvalue weighted by molar-refractivity contribution is 0.0527. The second kappa shape index (κ2) is 6.58. The van der Waals surface area contributed by atoms with E-state index in [1.165, 1.54) is 25.8 Å². The molecule has 96 valence electrons. The predicted molar refractivity (Wildman–Crippen MR) is 68.8 cm³/mol. The summed E-state index contributed by atoms with van der Waals surface area (Å²) in [6.07, 6.45) is 3.89. The molecule has 0 aliphatic carbocycles. The number of rotatable bonds is 7. The minimum absolute atomic E-state index is 0.246. The third kappa shape index (κ3) is 4.81. The molecule has 1 rings (SSSR count). The van der Waals surface area contributed by atoms with E-state index in [0.717, 1.165) is 25.8 Å². The van der Waals surface area contributed by atoms with Crippen LogP contribution in [0.25, 0.3) is 0 Å². The summed E-state index contributed by atoms with van der Waals surface area (Å²) in [5, 5.41) is 3.21. The van der Waals surface area contributed by atoms with Crippen molar-refractivity contribution < 1.29 is 4.74 Å². The van der Waals surface area contributed by atoms with Gasteiger partial charge in [0.05, 0.1) is 6.61 Å². The van der Waals surface area contributed by atoms with Gasteiger partial charge in [0, 0.05) is 24.6 Å². The fourth-order valence-corrected chi connectivity index (χ4v) is 2.44. The Morgan fingerprint density at radius 3 is 2.75 bits per heavy atom. The molecule has 0 aromatic heterocycles. The second-order valence-electron chi connectivity index (χ2n) is 5.81. The molecule has 0 aromatic rings. The van der Waals surface area contributed by atoms with Gasteiger partial charge in [0.25, 0.3) is 0 Å². The van der Waals surface area contributed by atoms with Gasteiger partial charge in [-0.05, 0) is 39.9 Å². The van der Waals surface area contributed by atoms with E-state index in [1.54, 1.807) is 0 Å². The van der Waals surface area contributed by atoms with E-state index >= 15 is 0 Å². The van der Waals surface area contributed by atoms with Gasteiger partial charge in [0.15, 0.2) is 0 Å². The van der Waals surface area contributed by atoms with Crippen molar-refractivity contribution in [1.29, 1.82) is 0 Å². The Bertz CT molecular complexity index is 194. The second-order valence-corrected chi connectivity index (χ2v) is 5.81. The Labute approximate surface area is 101 Å². The normalized spacial score (nSPS) is 22.9. The Morgan fingerprint density at radius 2 is 2.19 bits per heavy atom. The quantitative estimate of drug-likeness (QED) is 0.672.